The van der Waals surface area contributed by atoms with Crippen LogP contribution in [0, 0.1) is 11.3 Å². The first-order valence-electron chi connectivity index (χ1n) is 5.49. The molecule has 0 aliphatic heterocycles. The third-order valence-corrected chi connectivity index (χ3v) is 2.75. The van der Waals surface area contributed by atoms with Gasteiger partial charge in [0.05, 0.1) is 27.5 Å². The lowest BCUT2D eigenvalue weighted by molar-refractivity contribution is 0.325. The molecule has 0 unspecified atom stereocenters. The first-order chi connectivity index (χ1) is 9.26. The van der Waals surface area contributed by atoms with Crippen molar-refractivity contribution in [2.24, 2.45) is 0 Å². The number of hydrogen-bond donors (Lipinski definition) is 1. The average Bonchev–Trinajstić information content (AvgIpc) is 2.93. The van der Waals surface area contributed by atoms with Crippen LogP contribution < -0.4 is 14.2 Å². The van der Waals surface area contributed by atoms with E-state index in [1.807, 2.05) is 6.07 Å². The molecule has 6 heteroatoms. The summed E-state index contributed by atoms with van der Waals surface area (Å²) in [7, 11) is 4.62. The number of nitrogens with zero attached hydrogens (tertiary/aromatic N) is 2. The van der Waals surface area contributed by atoms with E-state index in [1.165, 1.54) is 14.2 Å². The zero-order valence-electron chi connectivity index (χ0n) is 10.9. The third kappa shape index (κ3) is 2.06. The Kier molecular flexibility index (Phi) is 3.57. The first kappa shape index (κ1) is 12.8. The summed E-state index contributed by atoms with van der Waals surface area (Å²) >= 11 is 0. The number of methoxy groups -OCH3 is 3. The number of benzene rings is 1. The van der Waals surface area contributed by atoms with Crippen LogP contribution in [0.25, 0.3) is 11.1 Å². The van der Waals surface area contributed by atoms with Crippen LogP contribution in [-0.2, 0) is 0 Å². The molecule has 0 bridgehead atoms. The summed E-state index contributed by atoms with van der Waals surface area (Å²) in [4.78, 5) is 0. The summed E-state index contributed by atoms with van der Waals surface area (Å²) in [5, 5.41) is 15.5. The van der Waals surface area contributed by atoms with Gasteiger partial charge in [-0.1, -0.05) is 0 Å². The van der Waals surface area contributed by atoms with E-state index < -0.39 is 0 Å². The van der Waals surface area contributed by atoms with E-state index in [4.69, 9.17) is 19.5 Å². The highest BCUT2D eigenvalue weighted by atomic mass is 16.5. The molecule has 2 aromatic rings. The molecule has 0 saturated heterocycles. The highest BCUT2D eigenvalue weighted by molar-refractivity contribution is 5.78. The summed E-state index contributed by atoms with van der Waals surface area (Å²) < 4.78 is 15.9. The lowest BCUT2D eigenvalue weighted by atomic mass is 10.0. The number of nitrogens with one attached hydrogen (secondary N) is 1. The first-order valence-corrected chi connectivity index (χ1v) is 5.49. The molecule has 1 heterocycles. The maximum Gasteiger partial charge on any atom is 0.203 e. The molecule has 19 heavy (non-hydrogen) atoms. The van der Waals surface area contributed by atoms with Crippen LogP contribution in [-0.4, -0.2) is 31.5 Å². The van der Waals surface area contributed by atoms with Crippen molar-refractivity contribution in [3.8, 4) is 34.4 Å². The fourth-order valence-electron chi connectivity index (χ4n) is 1.89. The zero-order valence-corrected chi connectivity index (χ0v) is 10.9. The van der Waals surface area contributed by atoms with Gasteiger partial charge in [-0.3, -0.25) is 5.10 Å². The van der Waals surface area contributed by atoms with Crippen molar-refractivity contribution in [1.29, 1.82) is 5.26 Å². The van der Waals surface area contributed by atoms with Gasteiger partial charge in [0, 0.05) is 11.1 Å². The van der Waals surface area contributed by atoms with Crippen molar-refractivity contribution in [1.82, 2.24) is 10.2 Å². The normalized spacial score (nSPS) is 9.79. The van der Waals surface area contributed by atoms with E-state index in [9.17, 15) is 0 Å². The molecular weight excluding hydrogens is 246 g/mol. The van der Waals surface area contributed by atoms with Crippen LogP contribution in [0.2, 0.25) is 0 Å². The van der Waals surface area contributed by atoms with Gasteiger partial charge in [0.15, 0.2) is 11.5 Å². The van der Waals surface area contributed by atoms with Crippen LogP contribution in [0.5, 0.6) is 17.2 Å². The van der Waals surface area contributed by atoms with Crippen molar-refractivity contribution in [2.45, 2.75) is 0 Å². The molecule has 1 aromatic carbocycles. The second kappa shape index (κ2) is 5.31. The second-order valence-electron chi connectivity index (χ2n) is 3.65. The predicted octanol–water partition coefficient (Wildman–Crippen LogP) is 1.97. The van der Waals surface area contributed by atoms with Gasteiger partial charge >= 0.3 is 0 Å². The van der Waals surface area contributed by atoms with Gasteiger partial charge in [-0.15, -0.1) is 0 Å². The predicted molar refractivity (Wildman–Crippen MR) is 68.4 cm³/mol. The van der Waals surface area contributed by atoms with E-state index in [0.29, 0.717) is 34.1 Å². The molecule has 0 amide bonds. The molecule has 1 N–H and O–H groups in total. The SMILES string of the molecule is COc1ccc(-c2cn[nH]c2C#N)c(OC)c1OC. The quantitative estimate of drug-likeness (QED) is 0.908. The van der Waals surface area contributed by atoms with Crippen molar-refractivity contribution in [3.05, 3.63) is 24.0 Å². The van der Waals surface area contributed by atoms with Crippen LogP contribution in [0.15, 0.2) is 18.3 Å². The zero-order chi connectivity index (χ0) is 13.8. The molecule has 0 atom stereocenters. The van der Waals surface area contributed by atoms with Gasteiger partial charge in [0.1, 0.15) is 11.8 Å². The number of hydrogen-bond acceptors (Lipinski definition) is 5. The lowest BCUT2D eigenvalue weighted by Gasteiger charge is -2.15. The maximum absolute atomic E-state index is 9.04. The fraction of sp³-hybridized carbons (Fsp3) is 0.231. The summed E-state index contributed by atoms with van der Waals surface area (Å²) in [6.45, 7) is 0. The fourth-order valence-corrected chi connectivity index (χ4v) is 1.89. The lowest BCUT2D eigenvalue weighted by Crippen LogP contribution is -1.97. The Morgan fingerprint density at radius 3 is 2.37 bits per heavy atom. The Morgan fingerprint density at radius 1 is 1.05 bits per heavy atom. The number of aromatic amines is 1. The minimum Gasteiger partial charge on any atom is -0.493 e. The van der Waals surface area contributed by atoms with Crippen molar-refractivity contribution < 1.29 is 14.2 Å². The largest absolute Gasteiger partial charge is 0.493 e. The molecule has 0 aliphatic carbocycles. The Labute approximate surface area is 110 Å². The Bertz CT molecular complexity index is 629. The highest BCUT2D eigenvalue weighted by Crippen LogP contribution is 2.44. The standard InChI is InChI=1S/C13H13N3O3/c1-17-11-5-4-8(12(18-2)13(11)19-3)9-7-15-16-10(9)6-14/h4-5,7H,1-3H3,(H,15,16). The summed E-state index contributed by atoms with van der Waals surface area (Å²) in [5.74, 6) is 1.54. The van der Waals surface area contributed by atoms with Gasteiger partial charge in [0.2, 0.25) is 5.75 Å². The third-order valence-electron chi connectivity index (χ3n) is 2.75. The minimum atomic E-state index is 0.366. The van der Waals surface area contributed by atoms with Crippen molar-refractivity contribution in [3.63, 3.8) is 0 Å². The number of nitriles is 1. The van der Waals surface area contributed by atoms with Gasteiger partial charge < -0.3 is 14.2 Å². The smallest absolute Gasteiger partial charge is 0.203 e. The molecule has 0 fully saturated rings. The van der Waals surface area contributed by atoms with E-state index in [0.717, 1.165) is 0 Å². The summed E-state index contributed by atoms with van der Waals surface area (Å²) in [6, 6.07) is 5.60. The summed E-state index contributed by atoms with van der Waals surface area (Å²) in [6.07, 6.45) is 1.57. The minimum absolute atomic E-state index is 0.366. The number of aromatic nitrogens is 2. The molecular formula is C13H13N3O3. The van der Waals surface area contributed by atoms with E-state index in [-0.39, 0.29) is 0 Å². The molecule has 0 saturated carbocycles. The molecule has 0 aliphatic rings. The van der Waals surface area contributed by atoms with Gasteiger partial charge in [0.25, 0.3) is 0 Å². The molecule has 6 nitrogen and oxygen atoms in total. The maximum atomic E-state index is 9.04. The van der Waals surface area contributed by atoms with Gasteiger partial charge in [-0.25, -0.2) is 0 Å². The Balaban J connectivity index is 2.68. The Morgan fingerprint density at radius 2 is 1.79 bits per heavy atom. The average molecular weight is 259 g/mol. The summed E-state index contributed by atoms with van der Waals surface area (Å²) in [5.41, 5.74) is 1.73. The highest BCUT2D eigenvalue weighted by Gasteiger charge is 2.19. The van der Waals surface area contributed by atoms with Crippen LogP contribution in [0.3, 0.4) is 0 Å². The number of H-pyrrole nitrogens is 1. The molecule has 2 rings (SSSR count). The van der Waals surface area contributed by atoms with Crippen LogP contribution in [0.1, 0.15) is 5.69 Å². The van der Waals surface area contributed by atoms with E-state index >= 15 is 0 Å². The van der Waals surface area contributed by atoms with Crippen molar-refractivity contribution >= 4 is 0 Å². The monoisotopic (exact) mass is 259 g/mol. The van der Waals surface area contributed by atoms with Crippen LogP contribution in [0.4, 0.5) is 0 Å². The Hall–Kier alpha value is -2.68. The second-order valence-corrected chi connectivity index (χ2v) is 3.65. The van der Waals surface area contributed by atoms with Gasteiger partial charge in [-0.05, 0) is 12.1 Å². The van der Waals surface area contributed by atoms with Crippen LogP contribution >= 0.6 is 0 Å². The molecule has 1 aromatic heterocycles. The van der Waals surface area contributed by atoms with E-state index in [1.54, 1.807) is 25.4 Å². The molecule has 98 valence electrons. The molecule has 0 radical (unpaired) electrons. The van der Waals surface area contributed by atoms with E-state index in [2.05, 4.69) is 10.2 Å². The van der Waals surface area contributed by atoms with Crippen molar-refractivity contribution in [2.75, 3.05) is 21.3 Å². The number of rotatable bonds is 4. The molecule has 0 spiro atoms. The topological polar surface area (TPSA) is 80.2 Å². The van der Waals surface area contributed by atoms with Gasteiger partial charge in [-0.2, -0.15) is 10.4 Å². The number of ether oxygens (including phenoxy) is 3.